The van der Waals surface area contributed by atoms with Crippen LogP contribution in [0.25, 0.3) is 0 Å². The highest BCUT2D eigenvalue weighted by atomic mass is 16.6. The van der Waals surface area contributed by atoms with Gasteiger partial charge < -0.3 is 29.4 Å². The highest BCUT2D eigenvalue weighted by molar-refractivity contribution is 5.77. The summed E-state index contributed by atoms with van der Waals surface area (Å²) in [6, 6.07) is 0. The summed E-state index contributed by atoms with van der Waals surface area (Å²) in [5, 5.41) is 10.9. The van der Waals surface area contributed by atoms with Gasteiger partial charge in [0.1, 0.15) is 19.8 Å². The quantitative estimate of drug-likeness (QED) is 0.231. The number of esters is 1. The number of carboxylic acid groups (broad SMARTS) is 1. The third-order valence-corrected chi connectivity index (χ3v) is 3.62. The standard InChI is InChI=1S/C19H35NO8/c1-2-3-4-5-6-7-8-19(24)28-14-13-26-12-11-25-10-9-20-17(21)15-27-16-18(22)23/h2-16H2,1H3,(H,20,21)(H,22,23). The lowest BCUT2D eigenvalue weighted by atomic mass is 10.1. The van der Waals surface area contributed by atoms with E-state index in [4.69, 9.17) is 19.3 Å². The molecule has 0 heterocycles. The maximum Gasteiger partial charge on any atom is 0.329 e. The van der Waals surface area contributed by atoms with Crippen LogP contribution in [0.3, 0.4) is 0 Å². The fraction of sp³-hybridized carbons (Fsp3) is 0.842. The first kappa shape index (κ1) is 26.3. The largest absolute Gasteiger partial charge is 0.480 e. The van der Waals surface area contributed by atoms with E-state index in [9.17, 15) is 14.4 Å². The maximum absolute atomic E-state index is 11.5. The zero-order chi connectivity index (χ0) is 20.9. The van der Waals surface area contributed by atoms with Gasteiger partial charge in [0.15, 0.2) is 0 Å². The molecule has 0 aliphatic rings. The summed E-state index contributed by atoms with van der Waals surface area (Å²) < 4.78 is 20.3. The second-order valence-corrected chi connectivity index (χ2v) is 6.20. The van der Waals surface area contributed by atoms with Gasteiger partial charge in [0.05, 0.1) is 26.4 Å². The average molecular weight is 405 g/mol. The van der Waals surface area contributed by atoms with Crippen molar-refractivity contribution in [3.05, 3.63) is 0 Å². The Bertz CT molecular complexity index is 417. The smallest absolute Gasteiger partial charge is 0.329 e. The van der Waals surface area contributed by atoms with Crippen LogP contribution in [0.1, 0.15) is 51.9 Å². The number of unbranched alkanes of at least 4 members (excludes halogenated alkanes) is 5. The molecule has 0 aliphatic heterocycles. The molecule has 0 fully saturated rings. The zero-order valence-electron chi connectivity index (χ0n) is 16.9. The number of hydrogen-bond donors (Lipinski definition) is 2. The molecule has 164 valence electrons. The Labute approximate surface area is 167 Å². The highest BCUT2D eigenvalue weighted by Gasteiger charge is 2.04. The van der Waals surface area contributed by atoms with Gasteiger partial charge in [-0.05, 0) is 6.42 Å². The van der Waals surface area contributed by atoms with Crippen molar-refractivity contribution in [3.8, 4) is 0 Å². The second kappa shape index (κ2) is 20.0. The van der Waals surface area contributed by atoms with Gasteiger partial charge in [-0.2, -0.15) is 0 Å². The van der Waals surface area contributed by atoms with E-state index < -0.39 is 18.5 Å². The molecular formula is C19H35NO8. The van der Waals surface area contributed by atoms with Crippen LogP contribution in [-0.2, 0) is 33.3 Å². The maximum atomic E-state index is 11.5. The summed E-state index contributed by atoms with van der Waals surface area (Å²) in [6.45, 7) is 3.26. The van der Waals surface area contributed by atoms with E-state index in [-0.39, 0.29) is 19.2 Å². The minimum atomic E-state index is -1.12. The Morgan fingerprint density at radius 3 is 2.14 bits per heavy atom. The summed E-state index contributed by atoms with van der Waals surface area (Å²) in [6.07, 6.45) is 7.28. The zero-order valence-corrected chi connectivity index (χ0v) is 16.9. The Hall–Kier alpha value is -1.71. The topological polar surface area (TPSA) is 120 Å². The molecule has 0 unspecified atom stereocenters. The van der Waals surface area contributed by atoms with E-state index >= 15 is 0 Å². The molecule has 0 saturated carbocycles. The minimum Gasteiger partial charge on any atom is -0.480 e. The van der Waals surface area contributed by atoms with Gasteiger partial charge in [-0.25, -0.2) is 4.79 Å². The molecule has 0 radical (unpaired) electrons. The van der Waals surface area contributed by atoms with Crippen molar-refractivity contribution in [1.29, 1.82) is 0 Å². The van der Waals surface area contributed by atoms with Gasteiger partial charge in [-0.1, -0.05) is 39.0 Å². The first-order valence-electron chi connectivity index (χ1n) is 9.93. The van der Waals surface area contributed by atoms with Gasteiger partial charge in [-0.15, -0.1) is 0 Å². The fourth-order valence-electron chi connectivity index (χ4n) is 2.20. The Morgan fingerprint density at radius 1 is 0.786 bits per heavy atom. The van der Waals surface area contributed by atoms with Crippen molar-refractivity contribution in [3.63, 3.8) is 0 Å². The van der Waals surface area contributed by atoms with Crippen molar-refractivity contribution in [2.45, 2.75) is 51.9 Å². The van der Waals surface area contributed by atoms with E-state index in [1.807, 2.05) is 0 Å². The summed E-state index contributed by atoms with van der Waals surface area (Å²) in [4.78, 5) is 33.0. The van der Waals surface area contributed by atoms with Gasteiger partial charge in [0.25, 0.3) is 0 Å². The van der Waals surface area contributed by atoms with Crippen molar-refractivity contribution < 1.29 is 38.4 Å². The summed E-state index contributed by atoms with van der Waals surface area (Å²) in [7, 11) is 0. The van der Waals surface area contributed by atoms with Crippen LogP contribution in [0.5, 0.6) is 0 Å². The highest BCUT2D eigenvalue weighted by Crippen LogP contribution is 2.07. The molecule has 2 N–H and O–H groups in total. The number of carboxylic acids is 1. The molecule has 0 atom stereocenters. The van der Waals surface area contributed by atoms with Gasteiger partial charge in [0.2, 0.25) is 5.91 Å². The van der Waals surface area contributed by atoms with E-state index in [1.54, 1.807) is 0 Å². The van der Waals surface area contributed by atoms with Crippen LogP contribution >= 0.6 is 0 Å². The molecular weight excluding hydrogens is 370 g/mol. The normalized spacial score (nSPS) is 10.6. The molecule has 0 saturated heterocycles. The molecule has 0 bridgehead atoms. The van der Waals surface area contributed by atoms with E-state index in [0.717, 1.165) is 12.8 Å². The molecule has 0 spiro atoms. The lowest BCUT2D eigenvalue weighted by molar-refractivity contribution is -0.146. The number of carbonyl (C=O) groups excluding carboxylic acids is 2. The first-order chi connectivity index (χ1) is 13.6. The van der Waals surface area contributed by atoms with Crippen LogP contribution in [0.15, 0.2) is 0 Å². The van der Waals surface area contributed by atoms with Crippen molar-refractivity contribution >= 4 is 17.8 Å². The third kappa shape index (κ3) is 20.6. The molecule has 1 amide bonds. The van der Waals surface area contributed by atoms with Crippen LogP contribution in [0.2, 0.25) is 0 Å². The molecule has 0 aliphatic carbocycles. The molecule has 28 heavy (non-hydrogen) atoms. The minimum absolute atomic E-state index is 0.182. The van der Waals surface area contributed by atoms with Crippen LogP contribution < -0.4 is 5.32 Å². The third-order valence-electron chi connectivity index (χ3n) is 3.62. The summed E-state index contributed by atoms with van der Waals surface area (Å²) in [5.74, 6) is -1.70. The lowest BCUT2D eigenvalue weighted by Gasteiger charge is -2.08. The first-order valence-corrected chi connectivity index (χ1v) is 9.93. The van der Waals surface area contributed by atoms with Gasteiger partial charge in [0, 0.05) is 13.0 Å². The van der Waals surface area contributed by atoms with E-state index in [2.05, 4.69) is 17.0 Å². The van der Waals surface area contributed by atoms with Crippen molar-refractivity contribution in [2.75, 3.05) is 52.8 Å². The number of ether oxygens (including phenoxy) is 4. The van der Waals surface area contributed by atoms with Crippen LogP contribution in [0.4, 0.5) is 0 Å². The molecule has 0 rings (SSSR count). The van der Waals surface area contributed by atoms with Crippen LogP contribution in [0, 0.1) is 0 Å². The van der Waals surface area contributed by atoms with Gasteiger partial charge in [-0.3, -0.25) is 9.59 Å². The van der Waals surface area contributed by atoms with Gasteiger partial charge >= 0.3 is 11.9 Å². The monoisotopic (exact) mass is 405 g/mol. The Balaban J connectivity index is 3.25. The predicted octanol–water partition coefficient (Wildman–Crippen LogP) is 1.53. The molecule has 0 aromatic carbocycles. The number of hydrogen-bond acceptors (Lipinski definition) is 7. The van der Waals surface area contributed by atoms with Crippen molar-refractivity contribution in [1.82, 2.24) is 5.32 Å². The number of carbonyl (C=O) groups is 3. The fourth-order valence-corrected chi connectivity index (χ4v) is 2.20. The Kier molecular flexibility index (Phi) is 18.8. The molecule has 0 aromatic rings. The summed E-state index contributed by atoms with van der Waals surface area (Å²) >= 11 is 0. The predicted molar refractivity (Wildman–Crippen MR) is 102 cm³/mol. The molecule has 9 nitrogen and oxygen atoms in total. The molecule has 9 heteroatoms. The number of nitrogens with one attached hydrogen (secondary N) is 1. The lowest BCUT2D eigenvalue weighted by Crippen LogP contribution is -2.31. The SMILES string of the molecule is CCCCCCCCC(=O)OCCOCCOCCNC(=O)COCC(=O)O. The molecule has 0 aromatic heterocycles. The van der Waals surface area contributed by atoms with E-state index in [0.29, 0.717) is 39.4 Å². The number of rotatable bonds is 20. The number of aliphatic carboxylic acids is 1. The number of amides is 1. The Morgan fingerprint density at radius 2 is 1.43 bits per heavy atom. The van der Waals surface area contributed by atoms with E-state index in [1.165, 1.54) is 25.7 Å². The summed E-state index contributed by atoms with van der Waals surface area (Å²) in [5.41, 5.74) is 0. The van der Waals surface area contributed by atoms with Crippen molar-refractivity contribution in [2.24, 2.45) is 0 Å². The second-order valence-electron chi connectivity index (χ2n) is 6.20. The van der Waals surface area contributed by atoms with Crippen LogP contribution in [-0.4, -0.2) is 75.7 Å². The average Bonchev–Trinajstić information content (AvgIpc) is 2.65.